The fourth-order valence-corrected chi connectivity index (χ4v) is 4.09. The van der Waals surface area contributed by atoms with Gasteiger partial charge in [-0.2, -0.15) is 0 Å². The number of hydrogen-bond acceptors (Lipinski definition) is 6. The molecule has 3 heterocycles. The van der Waals surface area contributed by atoms with Gasteiger partial charge >= 0.3 is 0 Å². The lowest BCUT2D eigenvalue weighted by molar-refractivity contribution is 0.102. The Bertz CT molecular complexity index is 1290. The lowest BCUT2D eigenvalue weighted by Crippen LogP contribution is -2.06. The van der Waals surface area contributed by atoms with Crippen LogP contribution in [0.3, 0.4) is 0 Å². The highest BCUT2D eigenvalue weighted by atomic mass is 32.2. The molecule has 5 rings (SSSR count). The zero-order valence-electron chi connectivity index (χ0n) is 15.9. The van der Waals surface area contributed by atoms with Crippen molar-refractivity contribution in [2.45, 2.75) is 11.7 Å². The van der Waals surface area contributed by atoms with E-state index < -0.39 is 0 Å². The highest BCUT2D eigenvalue weighted by Gasteiger charge is 2.19. The summed E-state index contributed by atoms with van der Waals surface area (Å²) in [6.45, 7) is 0.447. The lowest BCUT2D eigenvalue weighted by Gasteiger charge is -2.07. The first kappa shape index (κ1) is 18.4. The standard InChI is InChI=1S/C23H17N3O3S/c27-20(18-10-9-16-5-1-2-6-17(16)13-18)15-30-23-25-24-22(21-8-4-12-29-21)26(23)14-19-7-3-11-28-19/h1-13H,14-15H2. The Morgan fingerprint density at radius 1 is 0.900 bits per heavy atom. The van der Waals surface area contributed by atoms with E-state index in [1.165, 1.54) is 11.8 Å². The number of thioether (sulfide) groups is 1. The number of carbonyl (C=O) groups excluding carboxylic acids is 1. The van der Waals surface area contributed by atoms with Crippen molar-refractivity contribution >= 4 is 28.3 Å². The molecule has 0 N–H and O–H groups in total. The van der Waals surface area contributed by atoms with Gasteiger partial charge in [-0.3, -0.25) is 9.36 Å². The number of rotatable bonds is 7. The number of hydrogen-bond donors (Lipinski definition) is 0. The van der Waals surface area contributed by atoms with E-state index in [2.05, 4.69) is 10.2 Å². The molecule has 5 aromatic rings. The summed E-state index contributed by atoms with van der Waals surface area (Å²) in [5, 5.41) is 11.4. The molecule has 0 aliphatic carbocycles. The highest BCUT2D eigenvalue weighted by Crippen LogP contribution is 2.26. The van der Waals surface area contributed by atoms with E-state index in [0.29, 0.717) is 28.8 Å². The van der Waals surface area contributed by atoms with Crippen LogP contribution in [0.4, 0.5) is 0 Å². The van der Waals surface area contributed by atoms with Gasteiger partial charge in [-0.15, -0.1) is 10.2 Å². The van der Waals surface area contributed by atoms with Gasteiger partial charge in [0.15, 0.2) is 16.7 Å². The van der Waals surface area contributed by atoms with Gasteiger partial charge in [0.05, 0.1) is 24.8 Å². The average molecular weight is 415 g/mol. The number of benzene rings is 2. The summed E-state index contributed by atoms with van der Waals surface area (Å²) in [5.74, 6) is 2.27. The number of fused-ring (bicyclic) bond motifs is 1. The molecule has 0 atom stereocenters. The third-order valence-corrected chi connectivity index (χ3v) is 5.72. The normalized spacial score (nSPS) is 11.2. The maximum Gasteiger partial charge on any atom is 0.200 e. The van der Waals surface area contributed by atoms with Crippen LogP contribution in [-0.2, 0) is 6.54 Å². The Hall–Kier alpha value is -3.58. The Balaban J connectivity index is 1.39. The molecule has 0 radical (unpaired) electrons. The lowest BCUT2D eigenvalue weighted by atomic mass is 10.1. The monoisotopic (exact) mass is 415 g/mol. The maximum absolute atomic E-state index is 12.8. The number of Topliss-reactive ketones (excluding diaryl/α,β-unsaturated/α-hetero) is 1. The zero-order chi connectivity index (χ0) is 20.3. The Morgan fingerprint density at radius 2 is 1.73 bits per heavy atom. The first-order valence-corrected chi connectivity index (χ1v) is 10.4. The van der Waals surface area contributed by atoms with Crippen LogP contribution in [0.5, 0.6) is 0 Å². The molecular formula is C23H17N3O3S. The van der Waals surface area contributed by atoms with Crippen molar-refractivity contribution in [3.8, 4) is 11.6 Å². The molecule has 0 saturated carbocycles. The van der Waals surface area contributed by atoms with Crippen LogP contribution in [0.2, 0.25) is 0 Å². The van der Waals surface area contributed by atoms with E-state index in [1.54, 1.807) is 18.6 Å². The van der Waals surface area contributed by atoms with Crippen molar-refractivity contribution in [1.82, 2.24) is 14.8 Å². The van der Waals surface area contributed by atoms with Gasteiger partial charge in [-0.1, -0.05) is 48.2 Å². The number of nitrogens with zero attached hydrogens (tertiary/aromatic N) is 3. The quantitative estimate of drug-likeness (QED) is 0.265. The van der Waals surface area contributed by atoms with Crippen molar-refractivity contribution in [3.63, 3.8) is 0 Å². The largest absolute Gasteiger partial charge is 0.467 e. The van der Waals surface area contributed by atoms with Gasteiger partial charge in [0, 0.05) is 5.56 Å². The molecule has 6 nitrogen and oxygen atoms in total. The van der Waals surface area contributed by atoms with E-state index in [9.17, 15) is 4.79 Å². The van der Waals surface area contributed by atoms with Crippen molar-refractivity contribution < 1.29 is 13.6 Å². The third-order valence-electron chi connectivity index (χ3n) is 4.76. The third kappa shape index (κ3) is 3.67. The van der Waals surface area contributed by atoms with Gasteiger partial charge < -0.3 is 8.83 Å². The smallest absolute Gasteiger partial charge is 0.200 e. The van der Waals surface area contributed by atoms with E-state index in [-0.39, 0.29) is 11.5 Å². The molecule has 0 bridgehead atoms. The second-order valence-corrected chi connectivity index (χ2v) is 7.67. The van der Waals surface area contributed by atoms with Gasteiger partial charge in [-0.25, -0.2) is 0 Å². The molecule has 3 aromatic heterocycles. The van der Waals surface area contributed by atoms with Gasteiger partial charge in [0.25, 0.3) is 0 Å². The molecule has 0 spiro atoms. The second-order valence-electron chi connectivity index (χ2n) is 6.72. The first-order chi connectivity index (χ1) is 14.8. The van der Waals surface area contributed by atoms with Crippen molar-refractivity contribution in [2.75, 3.05) is 5.75 Å². The van der Waals surface area contributed by atoms with Crippen LogP contribution in [0, 0.1) is 0 Å². The molecule has 0 amide bonds. The SMILES string of the molecule is O=C(CSc1nnc(-c2ccco2)n1Cc1ccco1)c1ccc2ccccc2c1. The summed E-state index contributed by atoms with van der Waals surface area (Å²) >= 11 is 1.35. The fourth-order valence-electron chi connectivity index (χ4n) is 3.26. The van der Waals surface area contributed by atoms with Crippen molar-refractivity contribution in [3.05, 3.63) is 90.6 Å². The molecule has 2 aromatic carbocycles. The number of carbonyl (C=O) groups is 1. The summed E-state index contributed by atoms with van der Waals surface area (Å²) in [6, 6.07) is 21.1. The molecule has 0 fully saturated rings. The summed E-state index contributed by atoms with van der Waals surface area (Å²) < 4.78 is 12.9. The predicted molar refractivity (Wildman–Crippen MR) is 115 cm³/mol. The van der Waals surface area contributed by atoms with Crippen LogP contribution in [0.1, 0.15) is 16.1 Å². The predicted octanol–water partition coefficient (Wildman–Crippen LogP) is 5.31. The molecule has 0 aliphatic heterocycles. The van der Waals surface area contributed by atoms with E-state index in [1.807, 2.05) is 65.2 Å². The molecule has 0 unspecified atom stereocenters. The van der Waals surface area contributed by atoms with E-state index in [0.717, 1.165) is 16.5 Å². The van der Waals surface area contributed by atoms with Crippen LogP contribution in [-0.4, -0.2) is 26.3 Å². The summed E-state index contributed by atoms with van der Waals surface area (Å²) in [6.07, 6.45) is 3.22. The zero-order valence-corrected chi connectivity index (χ0v) is 16.7. The fraction of sp³-hybridized carbons (Fsp3) is 0.0870. The maximum atomic E-state index is 12.8. The topological polar surface area (TPSA) is 74.1 Å². The molecule has 7 heteroatoms. The number of furan rings is 2. The first-order valence-electron chi connectivity index (χ1n) is 9.42. The van der Waals surface area contributed by atoms with Crippen LogP contribution < -0.4 is 0 Å². The second kappa shape index (κ2) is 8.04. The average Bonchev–Trinajstić information content (AvgIpc) is 3.54. The summed E-state index contributed by atoms with van der Waals surface area (Å²) in [5.41, 5.74) is 0.685. The van der Waals surface area contributed by atoms with Crippen LogP contribution in [0.15, 0.2) is 93.2 Å². The Labute approximate surface area is 176 Å². The van der Waals surface area contributed by atoms with Gasteiger partial charge in [-0.05, 0) is 41.1 Å². The van der Waals surface area contributed by atoms with Crippen molar-refractivity contribution in [1.29, 1.82) is 0 Å². The summed E-state index contributed by atoms with van der Waals surface area (Å²) in [4.78, 5) is 12.8. The minimum Gasteiger partial charge on any atom is -0.467 e. The number of aromatic nitrogens is 3. The van der Waals surface area contributed by atoms with Crippen LogP contribution in [0.25, 0.3) is 22.4 Å². The highest BCUT2D eigenvalue weighted by molar-refractivity contribution is 7.99. The van der Waals surface area contributed by atoms with E-state index >= 15 is 0 Å². The minimum atomic E-state index is 0.0397. The minimum absolute atomic E-state index is 0.0397. The molecule has 0 aliphatic rings. The van der Waals surface area contributed by atoms with Gasteiger partial charge in [0.1, 0.15) is 5.76 Å². The van der Waals surface area contributed by atoms with Crippen LogP contribution >= 0.6 is 11.8 Å². The Kier molecular flexibility index (Phi) is 4.94. The summed E-state index contributed by atoms with van der Waals surface area (Å²) in [7, 11) is 0. The van der Waals surface area contributed by atoms with Crippen molar-refractivity contribution in [2.24, 2.45) is 0 Å². The number of ketones is 1. The molecule has 30 heavy (non-hydrogen) atoms. The molecular weight excluding hydrogens is 398 g/mol. The molecule has 148 valence electrons. The van der Waals surface area contributed by atoms with E-state index in [4.69, 9.17) is 8.83 Å². The molecule has 0 saturated heterocycles. The Morgan fingerprint density at radius 3 is 2.53 bits per heavy atom. The van der Waals surface area contributed by atoms with Gasteiger partial charge in [0.2, 0.25) is 5.82 Å².